The van der Waals surface area contributed by atoms with Crippen LogP contribution in [0.5, 0.6) is 11.5 Å². The summed E-state index contributed by atoms with van der Waals surface area (Å²) in [6.45, 7) is 21.0. The highest BCUT2D eigenvalue weighted by Crippen LogP contribution is 2.50. The van der Waals surface area contributed by atoms with Crippen molar-refractivity contribution in [3.8, 4) is 11.5 Å². The maximum absolute atomic E-state index is 15.0. The Balaban J connectivity index is 1.38. The van der Waals surface area contributed by atoms with Crippen LogP contribution in [-0.2, 0) is 61.8 Å². The molecule has 3 heterocycles. The predicted octanol–water partition coefficient (Wildman–Crippen LogP) is 7.80. The molecule has 22 heteroatoms. The first kappa shape index (κ1) is 76.1. The van der Waals surface area contributed by atoms with Crippen molar-refractivity contribution < 1.29 is 87.0 Å². The zero-order valence-electron chi connectivity index (χ0n) is 57.5. The highest BCUT2D eigenvalue weighted by Gasteiger charge is 2.55. The highest BCUT2D eigenvalue weighted by molar-refractivity contribution is 8.00. The van der Waals surface area contributed by atoms with E-state index in [0.29, 0.717) is 37.3 Å². The number of carbonyl (C=O) groups excluding carboxylic acids is 4. The minimum absolute atomic E-state index is 0.0313. The van der Waals surface area contributed by atoms with Gasteiger partial charge >= 0.3 is 17.9 Å². The lowest BCUT2D eigenvalue weighted by molar-refractivity contribution is -0.320. The van der Waals surface area contributed by atoms with Gasteiger partial charge in [0.05, 0.1) is 66.5 Å². The molecule has 0 spiro atoms. The van der Waals surface area contributed by atoms with Crippen molar-refractivity contribution in [1.82, 2.24) is 15.1 Å². The molecule has 0 radical (unpaired) electrons. The maximum atomic E-state index is 15.0. The number of aliphatic hydroxyl groups is 4. The Morgan fingerprint density at radius 2 is 1.39 bits per heavy atom. The molecule has 3 aromatic rings. The van der Waals surface area contributed by atoms with E-state index in [0.717, 1.165) is 16.7 Å². The van der Waals surface area contributed by atoms with E-state index >= 15 is 4.79 Å². The van der Waals surface area contributed by atoms with Gasteiger partial charge in [-0.1, -0.05) is 95.6 Å². The molecule has 92 heavy (non-hydrogen) atoms. The van der Waals surface area contributed by atoms with Crippen molar-refractivity contribution in [2.24, 2.45) is 17.8 Å². The lowest BCUT2D eigenvalue weighted by Crippen LogP contribution is -2.61. The van der Waals surface area contributed by atoms with Crippen LogP contribution in [-0.4, -0.2) is 211 Å². The Morgan fingerprint density at radius 3 is 1.91 bits per heavy atom. The molecular formula is C70H107N3O18S. The number of cyclic esters (lactones) is 1. The number of nitrogens with one attached hydrogen (secondary N) is 1. The normalized spacial score (nSPS) is 33.7. The average molecular weight is 1310 g/mol. The Kier molecular flexibility index (Phi) is 27.4. The predicted molar refractivity (Wildman–Crippen MR) is 350 cm³/mol. The van der Waals surface area contributed by atoms with Crippen molar-refractivity contribution in [2.45, 2.75) is 235 Å². The first-order chi connectivity index (χ1) is 43.4. The van der Waals surface area contributed by atoms with Gasteiger partial charge in [0.2, 0.25) is 5.91 Å². The molecule has 5 N–H and O–H groups in total. The smallest absolute Gasteiger partial charge is 0.347 e. The van der Waals surface area contributed by atoms with Crippen molar-refractivity contribution in [3.63, 3.8) is 0 Å². The maximum Gasteiger partial charge on any atom is 0.347 e. The monoisotopic (exact) mass is 1310 g/mol. The molecular weight excluding hydrogens is 1200 g/mol. The summed E-state index contributed by atoms with van der Waals surface area (Å²) in [6.07, 6.45) is -10.9. The number of thioether (sulfide) groups is 1. The molecule has 3 aliphatic heterocycles. The molecule has 6 rings (SSSR count). The number of rotatable bonds is 23. The zero-order chi connectivity index (χ0) is 68.2. The number of carbonyl (C=O) groups is 4. The number of hydrogen-bond acceptors (Lipinski definition) is 21. The number of aliphatic hydroxyl groups excluding tert-OH is 2. The minimum Gasteiger partial charge on any atom is -0.497 e. The van der Waals surface area contributed by atoms with Gasteiger partial charge in [0.25, 0.3) is 0 Å². The van der Waals surface area contributed by atoms with Crippen LogP contribution in [0.1, 0.15) is 145 Å². The van der Waals surface area contributed by atoms with Crippen LogP contribution in [0.25, 0.3) is 0 Å². The minimum atomic E-state index is -1.86. The van der Waals surface area contributed by atoms with Crippen LogP contribution < -0.4 is 14.8 Å². The van der Waals surface area contributed by atoms with Gasteiger partial charge < -0.3 is 82.9 Å². The summed E-state index contributed by atoms with van der Waals surface area (Å²) in [5.74, 6) is -4.29. The van der Waals surface area contributed by atoms with Crippen LogP contribution in [0.4, 0.5) is 0 Å². The molecule has 0 unspecified atom stereocenters. The van der Waals surface area contributed by atoms with Gasteiger partial charge in [-0.3, -0.25) is 9.59 Å². The van der Waals surface area contributed by atoms with E-state index in [1.807, 2.05) is 138 Å². The van der Waals surface area contributed by atoms with Gasteiger partial charge in [-0.05, 0) is 142 Å². The van der Waals surface area contributed by atoms with E-state index in [-0.39, 0.29) is 37.4 Å². The van der Waals surface area contributed by atoms with E-state index in [1.54, 1.807) is 55.8 Å². The topological polar surface area (TPSA) is 260 Å². The number of nitrogens with zero attached hydrogens (tertiary/aromatic N) is 2. The van der Waals surface area contributed by atoms with E-state index in [2.05, 4.69) is 5.32 Å². The van der Waals surface area contributed by atoms with E-state index in [9.17, 15) is 34.8 Å². The summed E-state index contributed by atoms with van der Waals surface area (Å²) in [6, 6.07) is 22.5. The molecule has 1 amide bonds. The van der Waals surface area contributed by atoms with Gasteiger partial charge in [-0.25, -0.2) is 9.59 Å². The molecule has 0 aromatic heterocycles. The second-order valence-corrected chi connectivity index (χ2v) is 27.7. The molecule has 0 aliphatic carbocycles. The SMILES string of the molecule is CCC[C@]1(O)[C@H](O)[C@@H](C)N(C)C[C@H](C)C[C@@](C)(O)[C@H](O[C@@H]2O[C@H](C)C[C@H](N(C)C)[C@H]2OC(=O)[C@@H](C)OC(=O)[C@H](CSC(c2ccccc2)(c2ccc(OC)cc2)c2ccc(OC)cc2)NC(C)=O)[C@@H](C)[C@H](O[C@H]2C[C@@](C)(OC)[C@@H](O)[C@H](CC)O2)[C@@H](C)C(=O)O[C@@H]1CC. The first-order valence-corrected chi connectivity index (χ1v) is 33.6. The number of esters is 3. The third-order valence-corrected chi connectivity index (χ3v) is 20.7. The molecule has 3 aliphatic rings. The molecule has 3 saturated heterocycles. The van der Waals surface area contributed by atoms with E-state index in [4.69, 9.17) is 47.4 Å². The third kappa shape index (κ3) is 17.7. The molecule has 3 aromatic carbocycles. The largest absolute Gasteiger partial charge is 0.497 e. The Hall–Kier alpha value is -4.95. The number of likely N-dealkylation sites (N-methyl/N-ethyl adjacent to an activating group) is 2. The summed E-state index contributed by atoms with van der Waals surface area (Å²) >= 11 is 1.39. The number of hydrogen-bond donors (Lipinski definition) is 5. The van der Waals surface area contributed by atoms with Crippen molar-refractivity contribution in [2.75, 3.05) is 54.8 Å². The number of methoxy groups -OCH3 is 3. The molecule has 21 nitrogen and oxygen atoms in total. The van der Waals surface area contributed by atoms with Crippen molar-refractivity contribution >= 4 is 35.6 Å². The Bertz CT molecular complexity index is 2770. The molecule has 0 saturated carbocycles. The molecule has 20 atom stereocenters. The third-order valence-electron chi connectivity index (χ3n) is 19.1. The molecule has 516 valence electrons. The van der Waals surface area contributed by atoms with E-state index < -0.39 is 143 Å². The quantitative estimate of drug-likeness (QED) is 0.0344. The standard InChI is InChI=1S/C70H107N3O18S/c1-19-35-69(81)56(21-3)88-63(77)44(7)58(89-57-38-68(12,84-18)61(76)55(20-2)87-57)43(6)62(67(11,80)37-41(4)39-73(15)45(8)60(69)75)91-66-59(54(72(13)14)36-42(5)85-66)90-64(78)46(9)86-65(79)53(71-47(10)74)40-92-70(48-25-23-22-24-26-48,49-27-31-51(82-16)32-28-49)50-29-33-52(83-17)34-30-50/h22-34,41-46,53-62,66,75-76,80-81H,19-21,35-40H2,1-18H3,(H,71,74)/t41-,42-,43+,44-,45-,46-,53+,54+,55+,56-,57+,58+,59-,60-,61+,62-,66+,67-,68-,69-/m1/s1. The van der Waals surface area contributed by atoms with Crippen LogP contribution in [0.2, 0.25) is 0 Å². The fourth-order valence-electron chi connectivity index (χ4n) is 13.8. The molecule has 0 bridgehead atoms. The summed E-state index contributed by atoms with van der Waals surface area (Å²) < 4.78 is 62.2. The van der Waals surface area contributed by atoms with Gasteiger partial charge in [-0.15, -0.1) is 11.8 Å². The van der Waals surface area contributed by atoms with E-state index in [1.165, 1.54) is 32.7 Å². The van der Waals surface area contributed by atoms with Crippen LogP contribution in [0.3, 0.4) is 0 Å². The summed E-state index contributed by atoms with van der Waals surface area (Å²) in [5, 5.41) is 52.2. The Labute approximate surface area is 550 Å². The summed E-state index contributed by atoms with van der Waals surface area (Å²) in [4.78, 5) is 61.4. The second-order valence-electron chi connectivity index (χ2n) is 26.5. The summed E-state index contributed by atoms with van der Waals surface area (Å²) in [7, 11) is 10.2. The Morgan fingerprint density at radius 1 is 0.804 bits per heavy atom. The zero-order valence-corrected chi connectivity index (χ0v) is 58.3. The van der Waals surface area contributed by atoms with Crippen LogP contribution >= 0.6 is 11.8 Å². The van der Waals surface area contributed by atoms with Gasteiger partial charge in [0.15, 0.2) is 24.8 Å². The van der Waals surface area contributed by atoms with Crippen LogP contribution in [0, 0.1) is 17.8 Å². The lowest BCUT2D eigenvalue weighted by atomic mass is 9.77. The number of benzene rings is 3. The van der Waals surface area contributed by atoms with Gasteiger partial charge in [-0.2, -0.15) is 0 Å². The lowest BCUT2D eigenvalue weighted by Gasteiger charge is -2.49. The van der Waals surface area contributed by atoms with Crippen molar-refractivity contribution in [3.05, 3.63) is 95.6 Å². The fraction of sp³-hybridized carbons (Fsp3) is 0.686. The summed E-state index contributed by atoms with van der Waals surface area (Å²) in [5.41, 5.74) is -2.22. The average Bonchev–Trinajstić information content (AvgIpc) is 0.827. The van der Waals surface area contributed by atoms with Gasteiger partial charge in [0, 0.05) is 44.7 Å². The number of ether oxygens (including phenoxy) is 10. The molecule has 3 fully saturated rings. The first-order valence-electron chi connectivity index (χ1n) is 32.6. The van der Waals surface area contributed by atoms with Gasteiger partial charge in [0.1, 0.15) is 41.5 Å². The second kappa shape index (κ2) is 33.1. The van der Waals surface area contributed by atoms with Crippen LogP contribution in [0.15, 0.2) is 78.9 Å². The highest BCUT2D eigenvalue weighted by atomic mass is 32.2. The fourth-order valence-corrected chi connectivity index (χ4v) is 15.4. The number of amides is 1. The van der Waals surface area contributed by atoms with Crippen molar-refractivity contribution in [1.29, 1.82) is 0 Å².